The van der Waals surface area contributed by atoms with Crippen molar-refractivity contribution in [3.05, 3.63) is 11.7 Å². The largest absolute Gasteiger partial charge is 0.377 e. The lowest BCUT2D eigenvalue weighted by Crippen LogP contribution is -2.39. The van der Waals surface area contributed by atoms with Gasteiger partial charge in [-0.05, 0) is 25.2 Å². The smallest absolute Gasteiger partial charge is 0.249 e. The summed E-state index contributed by atoms with van der Waals surface area (Å²) < 4.78 is 10.3. The number of piperidine rings is 1. The second-order valence-electron chi connectivity index (χ2n) is 5.67. The molecule has 1 aliphatic rings. The molecule has 112 valence electrons. The van der Waals surface area contributed by atoms with Crippen LogP contribution in [0.15, 0.2) is 4.52 Å². The summed E-state index contributed by atoms with van der Waals surface area (Å²) in [6.07, 6.45) is 3.47. The molecule has 1 atom stereocenters. The minimum Gasteiger partial charge on any atom is -0.377 e. The Balaban J connectivity index is 2.18. The quantitative estimate of drug-likeness (QED) is 0.800. The molecule has 1 saturated heterocycles. The average molecular weight is 281 g/mol. The van der Waals surface area contributed by atoms with Crippen LogP contribution in [0.1, 0.15) is 57.3 Å². The Labute approximate surface area is 119 Å². The van der Waals surface area contributed by atoms with E-state index in [1.54, 1.807) is 7.11 Å². The summed E-state index contributed by atoms with van der Waals surface area (Å²) in [7, 11) is 1.59. The van der Waals surface area contributed by atoms with E-state index in [1.807, 2.05) is 4.90 Å². The summed E-state index contributed by atoms with van der Waals surface area (Å²) in [5.41, 5.74) is 0. The number of amides is 1. The molecule has 1 aromatic rings. The molecule has 0 N–H and O–H groups in total. The molecule has 6 heteroatoms. The van der Waals surface area contributed by atoms with Gasteiger partial charge in [-0.1, -0.05) is 19.0 Å². The van der Waals surface area contributed by atoms with Crippen LogP contribution in [0.25, 0.3) is 0 Å². The summed E-state index contributed by atoms with van der Waals surface area (Å²) in [6.45, 7) is 5.37. The molecular weight excluding hydrogens is 258 g/mol. The molecule has 6 nitrogen and oxygen atoms in total. The predicted molar refractivity (Wildman–Crippen MR) is 72.8 cm³/mol. The van der Waals surface area contributed by atoms with Gasteiger partial charge in [0.25, 0.3) is 0 Å². The van der Waals surface area contributed by atoms with Crippen LogP contribution in [-0.2, 0) is 16.1 Å². The fourth-order valence-corrected chi connectivity index (χ4v) is 2.55. The molecule has 0 bridgehead atoms. The third-order valence-corrected chi connectivity index (χ3v) is 3.47. The zero-order valence-corrected chi connectivity index (χ0v) is 12.5. The second kappa shape index (κ2) is 6.83. The molecule has 0 aliphatic carbocycles. The molecule has 1 unspecified atom stereocenters. The van der Waals surface area contributed by atoms with E-state index >= 15 is 0 Å². The Hall–Kier alpha value is -1.43. The van der Waals surface area contributed by atoms with E-state index in [1.165, 1.54) is 0 Å². The van der Waals surface area contributed by atoms with E-state index in [0.717, 1.165) is 25.8 Å². The fourth-order valence-electron chi connectivity index (χ4n) is 2.55. The number of hydrogen-bond donors (Lipinski definition) is 0. The van der Waals surface area contributed by atoms with Gasteiger partial charge >= 0.3 is 0 Å². The highest BCUT2D eigenvalue weighted by Gasteiger charge is 2.31. The van der Waals surface area contributed by atoms with Crippen molar-refractivity contribution in [1.82, 2.24) is 15.0 Å². The molecule has 0 radical (unpaired) electrons. The molecule has 0 spiro atoms. The van der Waals surface area contributed by atoms with Gasteiger partial charge in [-0.2, -0.15) is 4.98 Å². The van der Waals surface area contributed by atoms with Gasteiger partial charge in [0.2, 0.25) is 11.8 Å². The van der Waals surface area contributed by atoms with Gasteiger partial charge < -0.3 is 14.2 Å². The number of methoxy groups -OCH3 is 1. The van der Waals surface area contributed by atoms with E-state index in [4.69, 9.17) is 9.26 Å². The summed E-state index contributed by atoms with van der Waals surface area (Å²) in [5.74, 6) is 1.70. The van der Waals surface area contributed by atoms with Gasteiger partial charge in [0.15, 0.2) is 5.82 Å². The first kappa shape index (κ1) is 15.0. The lowest BCUT2D eigenvalue weighted by molar-refractivity contribution is -0.137. The number of aromatic nitrogens is 2. The number of carbonyl (C=O) groups is 1. The van der Waals surface area contributed by atoms with Crippen LogP contribution in [0.4, 0.5) is 0 Å². The highest BCUT2D eigenvalue weighted by molar-refractivity contribution is 5.77. The van der Waals surface area contributed by atoms with Crippen LogP contribution in [0.3, 0.4) is 0 Å². The summed E-state index contributed by atoms with van der Waals surface area (Å²) >= 11 is 0. The van der Waals surface area contributed by atoms with Crippen molar-refractivity contribution in [2.75, 3.05) is 13.7 Å². The Kier molecular flexibility index (Phi) is 5.11. The molecular formula is C14H23N3O3. The SMILES string of the molecule is COCc1noc(C(CC(C)C)N2CCCCC2=O)n1. The van der Waals surface area contributed by atoms with Gasteiger partial charge in [-0.15, -0.1) is 0 Å². The maximum absolute atomic E-state index is 12.1. The van der Waals surface area contributed by atoms with E-state index in [9.17, 15) is 4.79 Å². The van der Waals surface area contributed by atoms with Crippen LogP contribution in [-0.4, -0.2) is 34.6 Å². The second-order valence-corrected chi connectivity index (χ2v) is 5.67. The van der Waals surface area contributed by atoms with Gasteiger partial charge in [0.1, 0.15) is 12.6 Å². The van der Waals surface area contributed by atoms with Crippen molar-refractivity contribution in [2.24, 2.45) is 5.92 Å². The fraction of sp³-hybridized carbons (Fsp3) is 0.786. The van der Waals surface area contributed by atoms with Crippen molar-refractivity contribution in [3.63, 3.8) is 0 Å². The predicted octanol–water partition coefficient (Wildman–Crippen LogP) is 2.32. The molecule has 2 rings (SSSR count). The van der Waals surface area contributed by atoms with Crippen LogP contribution < -0.4 is 0 Å². The van der Waals surface area contributed by atoms with Crippen molar-refractivity contribution >= 4 is 5.91 Å². The van der Waals surface area contributed by atoms with Crippen LogP contribution in [0.5, 0.6) is 0 Å². The van der Waals surface area contributed by atoms with Crippen molar-refractivity contribution in [2.45, 2.75) is 52.2 Å². The molecule has 1 aromatic heterocycles. The van der Waals surface area contributed by atoms with Crippen molar-refractivity contribution in [1.29, 1.82) is 0 Å². The number of likely N-dealkylation sites (tertiary alicyclic amines) is 1. The standard InChI is InChI=1S/C14H23N3O3/c1-10(2)8-11(17-7-5-4-6-13(17)18)14-15-12(9-19-3)16-20-14/h10-11H,4-9H2,1-3H3. The van der Waals surface area contributed by atoms with E-state index in [2.05, 4.69) is 24.0 Å². The Morgan fingerprint density at radius 3 is 2.85 bits per heavy atom. The highest BCUT2D eigenvalue weighted by Crippen LogP contribution is 2.30. The van der Waals surface area contributed by atoms with E-state index in [0.29, 0.717) is 30.7 Å². The summed E-state index contributed by atoms with van der Waals surface area (Å²) in [4.78, 5) is 18.4. The number of nitrogens with zero attached hydrogens (tertiary/aromatic N) is 3. The third kappa shape index (κ3) is 3.56. The van der Waals surface area contributed by atoms with E-state index < -0.39 is 0 Å². The van der Waals surface area contributed by atoms with Crippen LogP contribution >= 0.6 is 0 Å². The molecule has 0 saturated carbocycles. The highest BCUT2D eigenvalue weighted by atomic mass is 16.5. The normalized spacial score (nSPS) is 17.8. The third-order valence-electron chi connectivity index (χ3n) is 3.47. The Morgan fingerprint density at radius 2 is 2.20 bits per heavy atom. The van der Waals surface area contributed by atoms with Crippen LogP contribution in [0, 0.1) is 5.92 Å². The van der Waals surface area contributed by atoms with Crippen molar-refractivity contribution in [3.8, 4) is 0 Å². The lowest BCUT2D eigenvalue weighted by atomic mass is 9.99. The maximum Gasteiger partial charge on any atom is 0.249 e. The number of carbonyl (C=O) groups excluding carboxylic acids is 1. The first-order valence-corrected chi connectivity index (χ1v) is 7.22. The molecule has 1 fully saturated rings. The number of hydrogen-bond acceptors (Lipinski definition) is 5. The molecule has 20 heavy (non-hydrogen) atoms. The Bertz CT molecular complexity index is 445. The zero-order valence-electron chi connectivity index (χ0n) is 12.5. The monoisotopic (exact) mass is 281 g/mol. The first-order chi connectivity index (χ1) is 9.61. The average Bonchev–Trinajstić information content (AvgIpc) is 2.86. The molecule has 2 heterocycles. The van der Waals surface area contributed by atoms with E-state index in [-0.39, 0.29) is 11.9 Å². The lowest BCUT2D eigenvalue weighted by Gasteiger charge is -2.33. The molecule has 0 aromatic carbocycles. The van der Waals surface area contributed by atoms with Gasteiger partial charge in [0, 0.05) is 20.1 Å². The van der Waals surface area contributed by atoms with Crippen LogP contribution in [0.2, 0.25) is 0 Å². The summed E-state index contributed by atoms with van der Waals surface area (Å²) in [5, 5.41) is 3.90. The minimum absolute atomic E-state index is 0.110. The number of ether oxygens (including phenoxy) is 1. The minimum atomic E-state index is -0.110. The van der Waals surface area contributed by atoms with Gasteiger partial charge in [0.05, 0.1) is 0 Å². The molecule has 1 amide bonds. The van der Waals surface area contributed by atoms with Gasteiger partial charge in [-0.25, -0.2) is 0 Å². The zero-order chi connectivity index (χ0) is 14.5. The first-order valence-electron chi connectivity index (χ1n) is 7.22. The topological polar surface area (TPSA) is 68.5 Å². The van der Waals surface area contributed by atoms with Gasteiger partial charge in [-0.3, -0.25) is 4.79 Å². The Morgan fingerprint density at radius 1 is 1.40 bits per heavy atom. The maximum atomic E-state index is 12.1. The molecule has 1 aliphatic heterocycles. The summed E-state index contributed by atoms with van der Waals surface area (Å²) in [6, 6.07) is -0.110. The van der Waals surface area contributed by atoms with Crippen molar-refractivity contribution < 1.29 is 14.1 Å². The number of rotatable bonds is 6.